The zero-order chi connectivity index (χ0) is 9.56. The van der Waals surface area contributed by atoms with Crippen LogP contribution < -0.4 is 5.73 Å². The molecule has 0 radical (unpaired) electrons. The molecule has 0 aliphatic carbocycles. The van der Waals surface area contributed by atoms with Crippen molar-refractivity contribution in [3.63, 3.8) is 0 Å². The molecule has 0 aromatic rings. The number of ether oxygens (including phenoxy) is 1. The summed E-state index contributed by atoms with van der Waals surface area (Å²) in [5, 5.41) is 23.9. The highest BCUT2D eigenvalue weighted by Crippen LogP contribution is 2.00. The fourth-order valence-corrected chi connectivity index (χ4v) is 0.506. The Morgan fingerprint density at radius 1 is 1.50 bits per heavy atom. The van der Waals surface area contributed by atoms with Gasteiger partial charge in [-0.2, -0.15) is 10.5 Å². The molecule has 0 bridgehead atoms. The molecular formula is C7H8N4O. The van der Waals surface area contributed by atoms with Crippen LogP contribution in [0.2, 0.25) is 0 Å². The maximum Gasteiger partial charge on any atom is 0.227 e. The summed E-state index contributed by atoms with van der Waals surface area (Å²) in [5.41, 5.74) is 4.62. The van der Waals surface area contributed by atoms with E-state index in [1.807, 2.05) is 0 Å². The topological polar surface area (TPSA) is 107 Å². The lowest BCUT2D eigenvalue weighted by molar-refractivity contribution is 0.325. The molecule has 0 saturated carbocycles. The first-order valence-corrected chi connectivity index (χ1v) is 3.19. The second-order valence-corrected chi connectivity index (χ2v) is 1.77. The molecule has 3 N–H and O–H groups in total. The SMILES string of the molecule is CCOC(=N)/C(C#N)=C(\N)C#N. The zero-order valence-electron chi connectivity index (χ0n) is 6.59. The van der Waals surface area contributed by atoms with E-state index in [1.165, 1.54) is 0 Å². The summed E-state index contributed by atoms with van der Waals surface area (Å²) in [6.45, 7) is 1.94. The lowest BCUT2D eigenvalue weighted by Gasteiger charge is -2.01. The van der Waals surface area contributed by atoms with E-state index in [-0.39, 0.29) is 23.8 Å². The minimum Gasteiger partial charge on any atom is -0.477 e. The number of nitrogens with one attached hydrogen (secondary N) is 1. The maximum atomic E-state index is 8.46. The van der Waals surface area contributed by atoms with Crippen molar-refractivity contribution < 1.29 is 4.74 Å². The highest BCUT2D eigenvalue weighted by atomic mass is 16.5. The minimum atomic E-state index is -0.362. The monoisotopic (exact) mass is 164 g/mol. The lowest BCUT2D eigenvalue weighted by Crippen LogP contribution is -2.11. The van der Waals surface area contributed by atoms with Crippen LogP contribution in [0, 0.1) is 28.1 Å². The van der Waals surface area contributed by atoms with Gasteiger partial charge in [-0.1, -0.05) is 0 Å². The Labute approximate surface area is 70.2 Å². The van der Waals surface area contributed by atoms with Crippen molar-refractivity contribution in [3.05, 3.63) is 11.3 Å². The second-order valence-electron chi connectivity index (χ2n) is 1.77. The standard InChI is InChI=1S/C7H8N4O/c1-2-12-7(11)5(3-8)6(10)4-9/h11H,2,10H2,1H3/b6-5-,11-7?. The molecule has 0 saturated heterocycles. The van der Waals surface area contributed by atoms with E-state index in [4.69, 9.17) is 21.7 Å². The van der Waals surface area contributed by atoms with Crippen molar-refractivity contribution in [2.24, 2.45) is 5.73 Å². The maximum absolute atomic E-state index is 8.46. The largest absolute Gasteiger partial charge is 0.477 e. The van der Waals surface area contributed by atoms with E-state index in [1.54, 1.807) is 19.1 Å². The van der Waals surface area contributed by atoms with Crippen LogP contribution in [0.1, 0.15) is 6.92 Å². The Balaban J connectivity index is 4.74. The highest BCUT2D eigenvalue weighted by Gasteiger charge is 2.09. The summed E-state index contributed by atoms with van der Waals surface area (Å²) >= 11 is 0. The van der Waals surface area contributed by atoms with Gasteiger partial charge < -0.3 is 10.5 Å². The lowest BCUT2D eigenvalue weighted by atomic mass is 10.2. The average molecular weight is 164 g/mol. The molecular weight excluding hydrogens is 156 g/mol. The quantitative estimate of drug-likeness (QED) is 0.346. The Morgan fingerprint density at radius 2 is 2.08 bits per heavy atom. The molecule has 0 aliphatic heterocycles. The first-order chi connectivity index (χ1) is 5.67. The molecule has 0 amide bonds. The van der Waals surface area contributed by atoms with Crippen LogP contribution >= 0.6 is 0 Å². The third-order valence-corrected chi connectivity index (χ3v) is 1.02. The predicted octanol–water partition coefficient (Wildman–Crippen LogP) is 0.260. The summed E-state index contributed by atoms with van der Waals surface area (Å²) < 4.78 is 4.69. The van der Waals surface area contributed by atoms with Crippen LogP contribution in [0.25, 0.3) is 0 Å². The van der Waals surface area contributed by atoms with Crippen molar-refractivity contribution in [1.82, 2.24) is 0 Å². The minimum absolute atomic E-state index is 0.223. The van der Waals surface area contributed by atoms with Crippen molar-refractivity contribution >= 4 is 5.90 Å². The fraction of sp³-hybridized carbons (Fsp3) is 0.286. The van der Waals surface area contributed by atoms with Gasteiger partial charge in [0, 0.05) is 0 Å². The van der Waals surface area contributed by atoms with Crippen molar-refractivity contribution in [1.29, 1.82) is 15.9 Å². The molecule has 5 nitrogen and oxygen atoms in total. The number of nitrogens with zero attached hydrogens (tertiary/aromatic N) is 2. The molecule has 0 heterocycles. The fourth-order valence-electron chi connectivity index (χ4n) is 0.506. The molecule has 0 spiro atoms. The van der Waals surface area contributed by atoms with Crippen LogP contribution in [0.3, 0.4) is 0 Å². The highest BCUT2D eigenvalue weighted by molar-refractivity contribution is 5.96. The van der Waals surface area contributed by atoms with Gasteiger partial charge in [-0.3, -0.25) is 5.41 Å². The van der Waals surface area contributed by atoms with Crippen LogP contribution in [0.15, 0.2) is 11.3 Å². The Morgan fingerprint density at radius 3 is 2.42 bits per heavy atom. The predicted molar refractivity (Wildman–Crippen MR) is 41.8 cm³/mol. The Bertz CT molecular complexity index is 292. The normalized spacial score (nSPS) is 10.6. The van der Waals surface area contributed by atoms with Gasteiger partial charge in [-0.15, -0.1) is 0 Å². The summed E-state index contributed by atoms with van der Waals surface area (Å²) in [4.78, 5) is 0. The summed E-state index contributed by atoms with van der Waals surface area (Å²) in [6, 6.07) is 3.19. The molecule has 0 aromatic carbocycles. The van der Waals surface area contributed by atoms with Crippen LogP contribution in [-0.4, -0.2) is 12.5 Å². The first kappa shape index (κ1) is 9.99. The molecule has 0 aliphatic rings. The Kier molecular flexibility index (Phi) is 3.96. The van der Waals surface area contributed by atoms with E-state index >= 15 is 0 Å². The van der Waals surface area contributed by atoms with Gasteiger partial charge in [-0.25, -0.2) is 0 Å². The summed E-state index contributed by atoms with van der Waals surface area (Å²) in [6.07, 6.45) is 0. The third kappa shape index (κ3) is 2.31. The van der Waals surface area contributed by atoms with E-state index in [2.05, 4.69) is 4.74 Å². The number of rotatable bonds is 2. The Hall–Kier alpha value is -2.01. The van der Waals surface area contributed by atoms with Crippen molar-refractivity contribution in [3.8, 4) is 12.1 Å². The van der Waals surface area contributed by atoms with E-state index in [0.717, 1.165) is 0 Å². The third-order valence-electron chi connectivity index (χ3n) is 1.02. The molecule has 0 atom stereocenters. The number of hydrogen-bond donors (Lipinski definition) is 2. The van der Waals surface area contributed by atoms with E-state index < -0.39 is 0 Å². The van der Waals surface area contributed by atoms with Gasteiger partial charge in [0.2, 0.25) is 5.90 Å². The molecule has 0 unspecified atom stereocenters. The number of nitriles is 2. The van der Waals surface area contributed by atoms with E-state index in [9.17, 15) is 0 Å². The first-order valence-electron chi connectivity index (χ1n) is 3.19. The van der Waals surface area contributed by atoms with Crippen LogP contribution in [-0.2, 0) is 4.74 Å². The van der Waals surface area contributed by atoms with Crippen LogP contribution in [0.4, 0.5) is 0 Å². The van der Waals surface area contributed by atoms with Gasteiger partial charge >= 0.3 is 0 Å². The average Bonchev–Trinajstić information content (AvgIpc) is 2.06. The van der Waals surface area contributed by atoms with Gasteiger partial charge in [-0.05, 0) is 6.92 Å². The van der Waals surface area contributed by atoms with E-state index in [0.29, 0.717) is 0 Å². The van der Waals surface area contributed by atoms with Gasteiger partial charge in [0.1, 0.15) is 23.4 Å². The molecule has 0 aromatic heterocycles. The summed E-state index contributed by atoms with van der Waals surface area (Å²) in [5.74, 6) is -0.362. The second kappa shape index (κ2) is 4.75. The molecule has 0 rings (SSSR count). The molecule has 0 fully saturated rings. The smallest absolute Gasteiger partial charge is 0.227 e. The summed E-state index contributed by atoms with van der Waals surface area (Å²) in [7, 11) is 0. The van der Waals surface area contributed by atoms with Gasteiger partial charge in [0.25, 0.3) is 0 Å². The molecule has 62 valence electrons. The van der Waals surface area contributed by atoms with Crippen molar-refractivity contribution in [2.45, 2.75) is 6.92 Å². The van der Waals surface area contributed by atoms with Crippen molar-refractivity contribution in [2.75, 3.05) is 6.61 Å². The number of nitrogens with two attached hydrogens (primary N) is 1. The zero-order valence-corrected chi connectivity index (χ0v) is 6.59. The number of allylic oxidation sites excluding steroid dienone is 1. The van der Waals surface area contributed by atoms with Gasteiger partial charge in [0.15, 0.2) is 0 Å². The van der Waals surface area contributed by atoms with Gasteiger partial charge in [0.05, 0.1) is 6.61 Å². The molecule has 5 heteroatoms. The molecule has 12 heavy (non-hydrogen) atoms. The number of hydrogen-bond acceptors (Lipinski definition) is 5. The van der Waals surface area contributed by atoms with Crippen LogP contribution in [0.5, 0.6) is 0 Å².